The molecule has 1 atom stereocenters. The van der Waals surface area contributed by atoms with Crippen molar-refractivity contribution in [1.29, 1.82) is 0 Å². The first-order chi connectivity index (χ1) is 14.7. The van der Waals surface area contributed by atoms with Gasteiger partial charge < -0.3 is 15.4 Å². The molecule has 1 aliphatic rings. The lowest BCUT2D eigenvalue weighted by molar-refractivity contribution is 0.165. The Labute approximate surface area is 207 Å². The Balaban J connectivity index is 0.00000341. The maximum atomic E-state index is 5.68. The van der Waals surface area contributed by atoms with Crippen molar-refractivity contribution in [3.8, 4) is 5.75 Å². The Hall–Kier alpha value is -1.39. The Morgan fingerprint density at radius 3 is 2.68 bits per heavy atom. The summed E-state index contributed by atoms with van der Waals surface area (Å²) in [7, 11) is 1.75. The summed E-state index contributed by atoms with van der Waals surface area (Å²) in [6.07, 6.45) is 6.67. The van der Waals surface area contributed by atoms with E-state index in [1.54, 1.807) is 18.4 Å². The van der Waals surface area contributed by atoms with E-state index in [4.69, 9.17) is 9.73 Å². The van der Waals surface area contributed by atoms with E-state index in [1.807, 2.05) is 12.3 Å². The molecule has 2 N–H and O–H groups in total. The van der Waals surface area contributed by atoms with Crippen LogP contribution in [0.2, 0.25) is 0 Å². The first-order valence-electron chi connectivity index (χ1n) is 11.0. The zero-order chi connectivity index (χ0) is 21.2. The molecule has 0 saturated carbocycles. The SMILES string of the molecule is CCNC(=NCC(c1ccccc1OC)N1CCCCC1)NCCc1ncc(C)s1.I. The molecule has 2 aromatic rings. The Bertz CT molecular complexity index is 807. The number of benzene rings is 1. The topological polar surface area (TPSA) is 61.8 Å². The highest BCUT2D eigenvalue weighted by molar-refractivity contribution is 14.0. The van der Waals surface area contributed by atoms with E-state index in [1.165, 1.54) is 29.7 Å². The van der Waals surface area contributed by atoms with Crippen LogP contribution in [-0.4, -0.2) is 55.7 Å². The molecule has 2 heterocycles. The minimum Gasteiger partial charge on any atom is -0.496 e. The van der Waals surface area contributed by atoms with E-state index in [-0.39, 0.29) is 30.0 Å². The molecule has 1 aromatic heterocycles. The second kappa shape index (κ2) is 13.9. The smallest absolute Gasteiger partial charge is 0.191 e. The molecule has 1 fully saturated rings. The van der Waals surface area contributed by atoms with Gasteiger partial charge >= 0.3 is 0 Å². The van der Waals surface area contributed by atoms with E-state index in [9.17, 15) is 0 Å². The van der Waals surface area contributed by atoms with Gasteiger partial charge in [0.05, 0.1) is 24.7 Å². The fraction of sp³-hybridized carbons (Fsp3) is 0.565. The highest BCUT2D eigenvalue weighted by atomic mass is 127. The van der Waals surface area contributed by atoms with Crippen LogP contribution < -0.4 is 15.4 Å². The number of rotatable bonds is 9. The van der Waals surface area contributed by atoms with Gasteiger partial charge in [-0.25, -0.2) is 4.98 Å². The van der Waals surface area contributed by atoms with E-state index in [2.05, 4.69) is 52.6 Å². The molecule has 0 aliphatic carbocycles. The molecule has 31 heavy (non-hydrogen) atoms. The highest BCUT2D eigenvalue weighted by Crippen LogP contribution is 2.31. The number of aliphatic imine (C=N–C) groups is 1. The summed E-state index contributed by atoms with van der Waals surface area (Å²) < 4.78 is 5.68. The van der Waals surface area contributed by atoms with Crippen LogP contribution in [0.15, 0.2) is 35.5 Å². The second-order valence-corrected chi connectivity index (χ2v) is 8.93. The summed E-state index contributed by atoms with van der Waals surface area (Å²) in [4.78, 5) is 13.2. The number of piperidine rings is 1. The van der Waals surface area contributed by atoms with Gasteiger partial charge in [0, 0.05) is 36.1 Å². The zero-order valence-electron chi connectivity index (χ0n) is 18.9. The summed E-state index contributed by atoms with van der Waals surface area (Å²) >= 11 is 1.76. The molecule has 0 amide bonds. The number of nitrogens with one attached hydrogen (secondary N) is 2. The molecular weight excluding hydrogens is 521 g/mol. The van der Waals surface area contributed by atoms with Gasteiger partial charge in [0.1, 0.15) is 5.75 Å². The van der Waals surface area contributed by atoms with Gasteiger partial charge in [0.25, 0.3) is 0 Å². The minimum atomic E-state index is 0. The minimum absolute atomic E-state index is 0. The highest BCUT2D eigenvalue weighted by Gasteiger charge is 2.24. The lowest BCUT2D eigenvalue weighted by Gasteiger charge is -2.34. The molecule has 6 nitrogen and oxygen atoms in total. The maximum absolute atomic E-state index is 5.68. The van der Waals surface area contributed by atoms with Crippen molar-refractivity contribution in [3.05, 3.63) is 45.9 Å². The number of aryl methyl sites for hydroxylation is 1. The third-order valence-electron chi connectivity index (χ3n) is 5.40. The number of aromatic nitrogens is 1. The average Bonchev–Trinajstić information content (AvgIpc) is 3.20. The van der Waals surface area contributed by atoms with Crippen molar-refractivity contribution in [3.63, 3.8) is 0 Å². The van der Waals surface area contributed by atoms with Gasteiger partial charge in [-0.3, -0.25) is 9.89 Å². The van der Waals surface area contributed by atoms with Crippen molar-refractivity contribution in [2.45, 2.75) is 45.6 Å². The second-order valence-electron chi connectivity index (χ2n) is 7.62. The Kier molecular flexibility index (Phi) is 11.6. The largest absolute Gasteiger partial charge is 0.496 e. The molecule has 0 radical (unpaired) electrons. The van der Waals surface area contributed by atoms with Crippen LogP contribution in [0.1, 0.15) is 47.7 Å². The molecule has 0 spiro atoms. The normalized spacial score (nSPS) is 15.8. The molecule has 3 rings (SSSR count). The molecule has 1 aliphatic heterocycles. The van der Waals surface area contributed by atoms with Gasteiger partial charge in [0.2, 0.25) is 0 Å². The van der Waals surface area contributed by atoms with Crippen LogP contribution in [0.25, 0.3) is 0 Å². The monoisotopic (exact) mass is 557 g/mol. The number of methoxy groups -OCH3 is 1. The summed E-state index contributed by atoms with van der Waals surface area (Å²) in [5.41, 5.74) is 1.22. The third-order valence-corrected chi connectivity index (χ3v) is 6.37. The number of guanidine groups is 1. The van der Waals surface area contributed by atoms with Crippen molar-refractivity contribution in [2.75, 3.05) is 39.8 Å². The van der Waals surface area contributed by atoms with Crippen LogP contribution >= 0.6 is 35.3 Å². The van der Waals surface area contributed by atoms with Gasteiger partial charge in [-0.05, 0) is 45.8 Å². The van der Waals surface area contributed by atoms with E-state index in [0.717, 1.165) is 49.3 Å². The van der Waals surface area contributed by atoms with Crippen LogP contribution in [-0.2, 0) is 6.42 Å². The molecule has 1 aromatic carbocycles. The number of para-hydroxylation sites is 1. The maximum Gasteiger partial charge on any atom is 0.191 e. The van der Waals surface area contributed by atoms with Crippen molar-refractivity contribution in [1.82, 2.24) is 20.5 Å². The predicted octanol–water partition coefficient (Wildman–Crippen LogP) is 4.40. The molecule has 0 bridgehead atoms. The van der Waals surface area contributed by atoms with Gasteiger partial charge in [-0.2, -0.15) is 0 Å². The van der Waals surface area contributed by atoms with E-state index in [0.29, 0.717) is 6.54 Å². The Morgan fingerprint density at radius 1 is 1.23 bits per heavy atom. The molecular formula is C23H36IN5OS. The van der Waals surface area contributed by atoms with Crippen LogP contribution in [0.3, 0.4) is 0 Å². The van der Waals surface area contributed by atoms with Crippen molar-refractivity contribution < 1.29 is 4.74 Å². The van der Waals surface area contributed by atoms with Crippen molar-refractivity contribution >= 4 is 41.3 Å². The van der Waals surface area contributed by atoms with E-state index >= 15 is 0 Å². The summed E-state index contributed by atoms with van der Waals surface area (Å²) in [6.45, 7) is 8.79. The van der Waals surface area contributed by atoms with Crippen LogP contribution in [0.5, 0.6) is 5.75 Å². The van der Waals surface area contributed by atoms with Crippen LogP contribution in [0, 0.1) is 6.92 Å². The first kappa shape index (κ1) is 25.9. The number of ether oxygens (including phenoxy) is 1. The van der Waals surface area contributed by atoms with Gasteiger partial charge in [-0.1, -0.05) is 24.6 Å². The fourth-order valence-electron chi connectivity index (χ4n) is 3.91. The zero-order valence-corrected chi connectivity index (χ0v) is 22.0. The number of likely N-dealkylation sites (tertiary alicyclic amines) is 1. The van der Waals surface area contributed by atoms with Gasteiger partial charge in [-0.15, -0.1) is 35.3 Å². The Morgan fingerprint density at radius 2 is 2.00 bits per heavy atom. The van der Waals surface area contributed by atoms with E-state index < -0.39 is 0 Å². The van der Waals surface area contributed by atoms with Gasteiger partial charge in [0.15, 0.2) is 5.96 Å². The van der Waals surface area contributed by atoms with Crippen LogP contribution in [0.4, 0.5) is 0 Å². The number of hydrogen-bond donors (Lipinski definition) is 2. The summed E-state index contributed by atoms with van der Waals surface area (Å²) in [6, 6.07) is 8.58. The summed E-state index contributed by atoms with van der Waals surface area (Å²) in [5.74, 6) is 1.81. The molecule has 172 valence electrons. The number of nitrogens with zero attached hydrogens (tertiary/aromatic N) is 3. The quantitative estimate of drug-likeness (QED) is 0.272. The molecule has 1 unspecified atom stereocenters. The number of halogens is 1. The lowest BCUT2D eigenvalue weighted by Crippen LogP contribution is -2.40. The first-order valence-corrected chi connectivity index (χ1v) is 11.8. The number of thiazole rings is 1. The van der Waals surface area contributed by atoms with Crippen molar-refractivity contribution in [2.24, 2.45) is 4.99 Å². The molecule has 1 saturated heterocycles. The summed E-state index contributed by atoms with van der Waals surface area (Å²) in [5, 5.41) is 8.02. The standard InChI is InChI=1S/C23H35N5OS.HI/c1-4-24-23(25-13-12-22-26-16-18(2)30-22)27-17-20(28-14-8-5-9-15-28)19-10-6-7-11-21(19)29-3;/h6-7,10-11,16,20H,4-5,8-9,12-15,17H2,1-3H3,(H2,24,25,27);1H. The molecule has 8 heteroatoms. The fourth-order valence-corrected chi connectivity index (χ4v) is 4.69. The number of hydrogen-bond acceptors (Lipinski definition) is 5. The lowest BCUT2D eigenvalue weighted by atomic mass is 10.0. The average molecular weight is 558 g/mol. The predicted molar refractivity (Wildman–Crippen MR) is 141 cm³/mol. The third kappa shape index (κ3) is 7.91.